The molecule has 1 aliphatic heterocycles. The highest BCUT2D eigenvalue weighted by atomic mass is 32.1. The van der Waals surface area contributed by atoms with E-state index in [1.807, 2.05) is 42.8 Å². The van der Waals surface area contributed by atoms with Gasteiger partial charge in [0.05, 0.1) is 12.7 Å². The fourth-order valence-corrected chi connectivity index (χ4v) is 3.62. The van der Waals surface area contributed by atoms with Crippen LogP contribution in [0.3, 0.4) is 0 Å². The maximum Gasteiger partial charge on any atom is 0.283 e. The molecular formula is C17H24N4OS+2. The van der Waals surface area contributed by atoms with Crippen LogP contribution in [0.5, 0.6) is 0 Å². The van der Waals surface area contributed by atoms with Gasteiger partial charge in [0.25, 0.3) is 5.91 Å². The minimum Gasteiger partial charge on any atom is -0.328 e. The summed E-state index contributed by atoms with van der Waals surface area (Å²) in [5.74, 6) is 0.147. The number of hydrogen-bond donors (Lipinski definition) is 2. The van der Waals surface area contributed by atoms with Crippen molar-refractivity contribution in [2.75, 3.05) is 51.7 Å². The number of carbonyl (C=O) groups is 1. The number of piperazine rings is 1. The van der Waals surface area contributed by atoms with Gasteiger partial charge in [-0.2, -0.15) is 0 Å². The van der Waals surface area contributed by atoms with Gasteiger partial charge in [-0.05, 0) is 0 Å². The highest BCUT2D eigenvalue weighted by Gasteiger charge is 2.25. The maximum atomic E-state index is 12.5. The number of thiazole rings is 1. The van der Waals surface area contributed by atoms with E-state index in [0.717, 1.165) is 42.6 Å². The van der Waals surface area contributed by atoms with Gasteiger partial charge in [0.2, 0.25) is 0 Å². The Morgan fingerprint density at radius 1 is 1.22 bits per heavy atom. The summed E-state index contributed by atoms with van der Waals surface area (Å²) in [6, 6.07) is 10.1. The van der Waals surface area contributed by atoms with E-state index in [2.05, 4.69) is 12.0 Å². The van der Waals surface area contributed by atoms with Crippen molar-refractivity contribution in [3.05, 3.63) is 35.7 Å². The molecule has 0 unspecified atom stereocenters. The van der Waals surface area contributed by atoms with Crippen LogP contribution in [-0.2, 0) is 4.79 Å². The van der Waals surface area contributed by atoms with Gasteiger partial charge in [-0.3, -0.25) is 9.69 Å². The number of nitrogens with zero attached hydrogens (tertiary/aromatic N) is 2. The molecule has 2 N–H and O–H groups in total. The molecule has 2 heterocycles. The zero-order valence-corrected chi connectivity index (χ0v) is 14.5. The van der Waals surface area contributed by atoms with Crippen LogP contribution < -0.4 is 14.7 Å². The fraction of sp³-hybridized carbons (Fsp3) is 0.412. The zero-order chi connectivity index (χ0) is 16.2. The molecule has 6 heteroatoms. The van der Waals surface area contributed by atoms with Crippen molar-refractivity contribution in [2.24, 2.45) is 0 Å². The van der Waals surface area contributed by atoms with E-state index in [1.165, 1.54) is 16.2 Å². The van der Waals surface area contributed by atoms with Crippen LogP contribution in [0.25, 0.3) is 11.3 Å². The summed E-state index contributed by atoms with van der Waals surface area (Å²) < 4.78 is 0. The van der Waals surface area contributed by atoms with E-state index in [1.54, 1.807) is 9.80 Å². The first kappa shape index (κ1) is 16.1. The van der Waals surface area contributed by atoms with Crippen molar-refractivity contribution in [1.82, 2.24) is 4.98 Å². The fourth-order valence-electron chi connectivity index (χ4n) is 2.81. The van der Waals surface area contributed by atoms with Gasteiger partial charge in [0.15, 0.2) is 11.7 Å². The second-order valence-electron chi connectivity index (χ2n) is 6.22. The first-order valence-electron chi connectivity index (χ1n) is 8.06. The third-order valence-electron chi connectivity index (χ3n) is 4.43. The average molecular weight is 332 g/mol. The smallest absolute Gasteiger partial charge is 0.283 e. The van der Waals surface area contributed by atoms with Crippen molar-refractivity contribution >= 4 is 22.4 Å². The van der Waals surface area contributed by atoms with Gasteiger partial charge < -0.3 is 9.80 Å². The molecule has 2 aromatic rings. The Morgan fingerprint density at radius 3 is 2.61 bits per heavy atom. The summed E-state index contributed by atoms with van der Waals surface area (Å²) in [6.45, 7) is 4.98. The molecule has 0 aliphatic carbocycles. The molecule has 0 spiro atoms. The molecule has 0 bridgehead atoms. The third-order valence-corrected chi connectivity index (χ3v) is 5.35. The lowest BCUT2D eigenvalue weighted by Gasteiger charge is -2.27. The molecule has 0 atom stereocenters. The predicted molar refractivity (Wildman–Crippen MR) is 93.1 cm³/mol. The largest absolute Gasteiger partial charge is 0.328 e. The second kappa shape index (κ2) is 7.21. The zero-order valence-electron chi connectivity index (χ0n) is 13.7. The van der Waals surface area contributed by atoms with E-state index >= 15 is 0 Å². The van der Waals surface area contributed by atoms with Crippen molar-refractivity contribution in [1.29, 1.82) is 0 Å². The Labute approximate surface area is 141 Å². The van der Waals surface area contributed by atoms with E-state index in [9.17, 15) is 4.79 Å². The van der Waals surface area contributed by atoms with Crippen LogP contribution in [0.15, 0.2) is 35.7 Å². The molecule has 1 aromatic heterocycles. The van der Waals surface area contributed by atoms with E-state index < -0.39 is 0 Å². The Kier molecular flexibility index (Phi) is 5.05. The number of anilines is 1. The predicted octanol–water partition coefficient (Wildman–Crippen LogP) is -0.814. The molecule has 1 amide bonds. The average Bonchev–Trinajstić information content (AvgIpc) is 3.07. The summed E-state index contributed by atoms with van der Waals surface area (Å²) in [6.07, 6.45) is 0. The molecule has 23 heavy (non-hydrogen) atoms. The van der Waals surface area contributed by atoms with Gasteiger partial charge in [0.1, 0.15) is 26.2 Å². The minimum absolute atomic E-state index is 0.147. The van der Waals surface area contributed by atoms with Crippen LogP contribution in [0.2, 0.25) is 0 Å². The number of aromatic nitrogens is 1. The summed E-state index contributed by atoms with van der Waals surface area (Å²) in [7, 11) is 4.04. The number of nitrogens with one attached hydrogen (secondary N) is 2. The molecule has 1 fully saturated rings. The molecule has 1 aliphatic rings. The Morgan fingerprint density at radius 2 is 1.91 bits per heavy atom. The number of benzene rings is 1. The lowest BCUT2D eigenvalue weighted by atomic mass is 10.2. The molecular weight excluding hydrogens is 308 g/mol. The molecule has 0 radical (unpaired) electrons. The lowest BCUT2D eigenvalue weighted by Crippen LogP contribution is -3.27. The third kappa shape index (κ3) is 3.96. The van der Waals surface area contributed by atoms with E-state index in [4.69, 9.17) is 0 Å². The first-order valence-corrected chi connectivity index (χ1v) is 8.94. The molecule has 0 saturated carbocycles. The van der Waals surface area contributed by atoms with Crippen LogP contribution in [0.1, 0.15) is 0 Å². The van der Waals surface area contributed by atoms with Crippen molar-refractivity contribution in [3.8, 4) is 11.3 Å². The van der Waals surface area contributed by atoms with Crippen molar-refractivity contribution in [2.45, 2.75) is 0 Å². The van der Waals surface area contributed by atoms with Crippen molar-refractivity contribution < 1.29 is 14.6 Å². The highest BCUT2D eigenvalue weighted by molar-refractivity contribution is 7.14. The van der Waals surface area contributed by atoms with Gasteiger partial charge >= 0.3 is 0 Å². The van der Waals surface area contributed by atoms with Gasteiger partial charge in [0, 0.05) is 18.0 Å². The monoisotopic (exact) mass is 332 g/mol. The standard InChI is InChI=1S/C17H22N4OS/c1-19-8-10-21(11-9-19)12-16(22)20(2)17-18-15(13-23-17)14-6-4-3-5-7-14/h3-7,13H,8-12H2,1-2H3/p+2. The van der Waals surface area contributed by atoms with Gasteiger partial charge in [-0.1, -0.05) is 30.3 Å². The highest BCUT2D eigenvalue weighted by Crippen LogP contribution is 2.26. The first-order chi connectivity index (χ1) is 11.1. The molecule has 1 saturated heterocycles. The SMILES string of the molecule is CN(C(=O)C[NH+]1CC[NH+](C)CC1)c1nc(-c2ccccc2)cs1. The van der Waals surface area contributed by atoms with Crippen LogP contribution >= 0.6 is 11.3 Å². The van der Waals surface area contributed by atoms with Gasteiger partial charge in [-0.25, -0.2) is 4.98 Å². The Bertz CT molecular complexity index is 650. The minimum atomic E-state index is 0.147. The number of likely N-dealkylation sites (N-methyl/N-ethyl adjacent to an activating group) is 2. The summed E-state index contributed by atoms with van der Waals surface area (Å²) in [5.41, 5.74) is 2.02. The second-order valence-corrected chi connectivity index (χ2v) is 7.05. The number of rotatable bonds is 4. The summed E-state index contributed by atoms with van der Waals surface area (Å²) >= 11 is 1.52. The Hall–Kier alpha value is -1.76. The number of carbonyl (C=O) groups excluding carboxylic acids is 1. The van der Waals surface area contributed by atoms with Crippen molar-refractivity contribution in [3.63, 3.8) is 0 Å². The molecule has 5 nitrogen and oxygen atoms in total. The number of amides is 1. The normalized spacial score (nSPS) is 21.1. The lowest BCUT2D eigenvalue weighted by molar-refractivity contribution is -1.000. The van der Waals surface area contributed by atoms with Crippen LogP contribution in [-0.4, -0.2) is 57.7 Å². The van der Waals surface area contributed by atoms with Gasteiger partial charge in [-0.15, -0.1) is 11.3 Å². The quantitative estimate of drug-likeness (QED) is 0.769. The molecule has 1 aromatic carbocycles. The topological polar surface area (TPSA) is 42.1 Å². The number of quaternary nitrogens is 2. The summed E-state index contributed by atoms with van der Waals surface area (Å²) in [4.78, 5) is 21.8. The maximum absolute atomic E-state index is 12.5. The molecule has 3 rings (SSSR count). The molecule has 122 valence electrons. The van der Waals surface area contributed by atoms with E-state index in [-0.39, 0.29) is 5.91 Å². The van der Waals surface area contributed by atoms with E-state index in [0.29, 0.717) is 6.54 Å². The van der Waals surface area contributed by atoms with Crippen LogP contribution in [0, 0.1) is 0 Å². The Balaban J connectivity index is 1.62. The van der Waals surface area contributed by atoms with Crippen LogP contribution in [0.4, 0.5) is 5.13 Å². The summed E-state index contributed by atoms with van der Waals surface area (Å²) in [5, 5.41) is 2.79. The number of hydrogen-bond acceptors (Lipinski definition) is 3.